The summed E-state index contributed by atoms with van der Waals surface area (Å²) in [6.45, 7) is 11.9. The highest BCUT2D eigenvalue weighted by Crippen LogP contribution is 2.29. The molecular weight excluding hydrogens is 302 g/mol. The van der Waals surface area contributed by atoms with Crippen molar-refractivity contribution in [3.8, 4) is 0 Å². The molecular formula is C19H33N3O2. The zero-order valence-electron chi connectivity index (χ0n) is 16.1. The molecule has 136 valence electrons. The van der Waals surface area contributed by atoms with Crippen LogP contribution in [0.15, 0.2) is 0 Å². The SMILES string of the molecule is Cc1nn(C)c(C)c1CC(C)C(=O)NCC(C)(C)C1CCCCO1. The number of hydrogen-bond donors (Lipinski definition) is 1. The molecule has 2 rings (SSSR count). The first-order valence-corrected chi connectivity index (χ1v) is 9.10. The van der Waals surface area contributed by atoms with Crippen molar-refractivity contribution in [1.29, 1.82) is 0 Å². The average molecular weight is 335 g/mol. The Hall–Kier alpha value is -1.36. The maximum Gasteiger partial charge on any atom is 0.223 e. The Morgan fingerprint density at radius 3 is 2.67 bits per heavy atom. The zero-order valence-corrected chi connectivity index (χ0v) is 16.1. The van der Waals surface area contributed by atoms with Gasteiger partial charge in [0.15, 0.2) is 0 Å². The Kier molecular flexibility index (Phi) is 6.07. The summed E-state index contributed by atoms with van der Waals surface area (Å²) in [4.78, 5) is 12.5. The van der Waals surface area contributed by atoms with Gasteiger partial charge in [-0.1, -0.05) is 20.8 Å². The van der Waals surface area contributed by atoms with Crippen LogP contribution < -0.4 is 5.32 Å². The lowest BCUT2D eigenvalue weighted by atomic mass is 9.82. The number of ether oxygens (including phenoxy) is 1. The Morgan fingerprint density at radius 2 is 2.12 bits per heavy atom. The van der Waals surface area contributed by atoms with E-state index in [0.29, 0.717) is 6.54 Å². The minimum Gasteiger partial charge on any atom is -0.378 e. The van der Waals surface area contributed by atoms with E-state index in [4.69, 9.17) is 4.74 Å². The molecule has 0 saturated carbocycles. The summed E-state index contributed by atoms with van der Waals surface area (Å²) in [5.41, 5.74) is 3.32. The summed E-state index contributed by atoms with van der Waals surface area (Å²) in [6, 6.07) is 0. The first-order valence-electron chi connectivity index (χ1n) is 9.10. The Bertz CT molecular complexity index is 571. The van der Waals surface area contributed by atoms with Gasteiger partial charge in [0.05, 0.1) is 11.8 Å². The highest BCUT2D eigenvalue weighted by molar-refractivity contribution is 5.78. The molecule has 5 nitrogen and oxygen atoms in total. The molecule has 1 aromatic heterocycles. The van der Waals surface area contributed by atoms with E-state index < -0.39 is 0 Å². The van der Waals surface area contributed by atoms with E-state index in [1.54, 1.807) is 0 Å². The first kappa shape index (κ1) is 19.0. The first-order chi connectivity index (χ1) is 11.2. The Balaban J connectivity index is 1.89. The quantitative estimate of drug-likeness (QED) is 0.869. The van der Waals surface area contributed by atoms with Gasteiger partial charge in [-0.15, -0.1) is 0 Å². The maximum absolute atomic E-state index is 12.5. The largest absolute Gasteiger partial charge is 0.378 e. The number of carbonyl (C=O) groups is 1. The van der Waals surface area contributed by atoms with Crippen LogP contribution >= 0.6 is 0 Å². The molecule has 24 heavy (non-hydrogen) atoms. The van der Waals surface area contributed by atoms with Gasteiger partial charge in [0, 0.05) is 37.2 Å². The lowest BCUT2D eigenvalue weighted by Gasteiger charge is -2.37. The molecule has 1 fully saturated rings. The van der Waals surface area contributed by atoms with E-state index in [2.05, 4.69) is 31.2 Å². The van der Waals surface area contributed by atoms with Crippen LogP contribution in [0.5, 0.6) is 0 Å². The number of aromatic nitrogens is 2. The fraction of sp³-hybridized carbons (Fsp3) is 0.789. The van der Waals surface area contributed by atoms with Crippen LogP contribution in [-0.4, -0.2) is 34.9 Å². The minimum atomic E-state index is -0.0605. The van der Waals surface area contributed by atoms with Crippen molar-refractivity contribution < 1.29 is 9.53 Å². The predicted octanol–water partition coefficient (Wildman–Crippen LogP) is 2.93. The summed E-state index contributed by atoms with van der Waals surface area (Å²) in [6.07, 6.45) is 4.44. The monoisotopic (exact) mass is 335 g/mol. The topological polar surface area (TPSA) is 56.2 Å². The van der Waals surface area contributed by atoms with Crippen LogP contribution in [0.2, 0.25) is 0 Å². The smallest absolute Gasteiger partial charge is 0.223 e. The third kappa shape index (κ3) is 4.38. The van der Waals surface area contributed by atoms with Crippen LogP contribution in [0.1, 0.15) is 57.0 Å². The number of aryl methyl sites for hydroxylation is 2. The molecule has 5 heteroatoms. The second-order valence-electron chi connectivity index (χ2n) is 7.94. The average Bonchev–Trinajstić information content (AvgIpc) is 2.79. The van der Waals surface area contributed by atoms with Gasteiger partial charge in [0.1, 0.15) is 0 Å². The molecule has 1 N–H and O–H groups in total. The molecule has 0 spiro atoms. The minimum absolute atomic E-state index is 0.0318. The van der Waals surface area contributed by atoms with Crippen molar-refractivity contribution in [2.75, 3.05) is 13.2 Å². The summed E-state index contributed by atoms with van der Waals surface area (Å²) in [5.74, 6) is 0.0520. The van der Waals surface area contributed by atoms with E-state index in [0.717, 1.165) is 37.3 Å². The van der Waals surface area contributed by atoms with Crippen molar-refractivity contribution in [2.45, 2.75) is 66.4 Å². The van der Waals surface area contributed by atoms with Crippen molar-refractivity contribution in [1.82, 2.24) is 15.1 Å². The number of carbonyl (C=O) groups excluding carboxylic acids is 1. The third-order valence-electron chi connectivity index (χ3n) is 5.39. The summed E-state index contributed by atoms with van der Waals surface area (Å²) < 4.78 is 7.79. The fourth-order valence-electron chi connectivity index (χ4n) is 3.47. The predicted molar refractivity (Wildman–Crippen MR) is 95.9 cm³/mol. The molecule has 1 aliphatic heterocycles. The van der Waals surface area contributed by atoms with Gasteiger partial charge in [-0.3, -0.25) is 9.48 Å². The molecule has 0 aromatic carbocycles. The molecule has 0 radical (unpaired) electrons. The van der Waals surface area contributed by atoms with Gasteiger partial charge < -0.3 is 10.1 Å². The van der Waals surface area contributed by atoms with Crippen LogP contribution in [-0.2, 0) is 23.0 Å². The van der Waals surface area contributed by atoms with Gasteiger partial charge in [-0.05, 0) is 45.1 Å². The number of hydrogen-bond acceptors (Lipinski definition) is 3. The van der Waals surface area contributed by atoms with Crippen molar-refractivity contribution in [3.63, 3.8) is 0 Å². The normalized spacial score (nSPS) is 20.0. The van der Waals surface area contributed by atoms with E-state index >= 15 is 0 Å². The third-order valence-corrected chi connectivity index (χ3v) is 5.39. The number of nitrogens with one attached hydrogen (secondary N) is 1. The standard InChI is InChI=1S/C19H33N3O2/c1-13(11-16-14(2)21-22(6)15(16)3)18(23)20-12-19(4,5)17-9-7-8-10-24-17/h13,17H,7-12H2,1-6H3,(H,20,23). The van der Waals surface area contributed by atoms with Gasteiger partial charge in [0.25, 0.3) is 0 Å². The van der Waals surface area contributed by atoms with Crippen molar-refractivity contribution in [3.05, 3.63) is 17.0 Å². The van der Waals surface area contributed by atoms with Gasteiger partial charge in [-0.2, -0.15) is 5.10 Å². The summed E-state index contributed by atoms with van der Waals surface area (Å²) >= 11 is 0. The van der Waals surface area contributed by atoms with E-state index in [9.17, 15) is 4.79 Å². The van der Waals surface area contributed by atoms with Gasteiger partial charge in [-0.25, -0.2) is 0 Å². The van der Waals surface area contributed by atoms with Gasteiger partial charge in [0.2, 0.25) is 5.91 Å². The lowest BCUT2D eigenvalue weighted by Crippen LogP contribution is -2.45. The van der Waals surface area contributed by atoms with Gasteiger partial charge >= 0.3 is 0 Å². The van der Waals surface area contributed by atoms with Crippen LogP contribution in [0, 0.1) is 25.2 Å². The second kappa shape index (κ2) is 7.68. The van der Waals surface area contributed by atoms with E-state index in [-0.39, 0.29) is 23.3 Å². The highest BCUT2D eigenvalue weighted by Gasteiger charge is 2.32. The molecule has 2 heterocycles. The molecule has 1 aromatic rings. The zero-order chi connectivity index (χ0) is 17.9. The molecule has 2 unspecified atom stereocenters. The van der Waals surface area contributed by atoms with Crippen molar-refractivity contribution >= 4 is 5.91 Å². The van der Waals surface area contributed by atoms with E-state index in [1.165, 1.54) is 12.0 Å². The second-order valence-corrected chi connectivity index (χ2v) is 7.94. The Labute approximate surface area is 146 Å². The Morgan fingerprint density at radius 1 is 1.42 bits per heavy atom. The molecule has 1 amide bonds. The molecule has 0 bridgehead atoms. The summed E-state index contributed by atoms with van der Waals surface area (Å²) in [5, 5.41) is 7.58. The van der Waals surface area contributed by atoms with E-state index in [1.807, 2.05) is 25.6 Å². The van der Waals surface area contributed by atoms with Crippen LogP contribution in [0.3, 0.4) is 0 Å². The highest BCUT2D eigenvalue weighted by atomic mass is 16.5. The van der Waals surface area contributed by atoms with Crippen molar-refractivity contribution in [2.24, 2.45) is 18.4 Å². The maximum atomic E-state index is 12.5. The fourth-order valence-corrected chi connectivity index (χ4v) is 3.47. The number of nitrogens with zero attached hydrogens (tertiary/aromatic N) is 2. The molecule has 1 aliphatic rings. The molecule has 0 aliphatic carbocycles. The number of rotatable bonds is 6. The van der Waals surface area contributed by atoms with Crippen LogP contribution in [0.4, 0.5) is 0 Å². The lowest BCUT2D eigenvalue weighted by molar-refractivity contribution is -0.125. The van der Waals surface area contributed by atoms with Crippen LogP contribution in [0.25, 0.3) is 0 Å². The summed E-state index contributed by atoms with van der Waals surface area (Å²) in [7, 11) is 1.95. The number of amides is 1. The molecule has 2 atom stereocenters. The molecule has 1 saturated heterocycles.